The van der Waals surface area contributed by atoms with Gasteiger partial charge in [-0.05, 0) is 24.6 Å². The molecule has 98 valence electrons. The van der Waals surface area contributed by atoms with Gasteiger partial charge in [-0.25, -0.2) is 4.98 Å². The Kier molecular flexibility index (Phi) is 7.49. The van der Waals surface area contributed by atoms with Crippen LogP contribution in [-0.2, 0) is 4.79 Å². The first-order valence-corrected chi connectivity index (χ1v) is 5.36. The molecular weight excluding hydrogens is 270 g/mol. The van der Waals surface area contributed by atoms with Crippen molar-refractivity contribution in [2.24, 2.45) is 0 Å². The predicted molar refractivity (Wildman–Crippen MR) is 71.6 cm³/mol. The molecule has 0 saturated carbocycles. The molecule has 0 atom stereocenters. The number of hydrogen-bond donors (Lipinski definition) is 0. The molecule has 0 unspecified atom stereocenters. The number of aliphatic carboxylic acids is 1. The van der Waals surface area contributed by atoms with Gasteiger partial charge in [-0.2, -0.15) is 0 Å². The van der Waals surface area contributed by atoms with E-state index in [1.54, 1.807) is 12.1 Å². The summed E-state index contributed by atoms with van der Waals surface area (Å²) in [6.07, 6.45) is 0. The molecule has 1 aromatic carbocycles. The van der Waals surface area contributed by atoms with Gasteiger partial charge in [0.25, 0.3) is 0 Å². The predicted octanol–water partition coefficient (Wildman–Crippen LogP) is -0.470. The Bertz CT molecular complexity index is 628. The zero-order chi connectivity index (χ0) is 14.4. The molecule has 1 heterocycles. The third kappa shape index (κ3) is 5.37. The maximum absolute atomic E-state index is 10.5. The monoisotopic (exact) mass is 281 g/mol. The third-order valence-electron chi connectivity index (χ3n) is 2.16. The number of hydrogen-bond acceptors (Lipinski definition) is 5. The number of carboxylic acids is 2. The average Bonchev–Trinajstić information content (AvgIpc) is 2.38. The molecule has 0 aliphatic carbocycles. The van der Waals surface area contributed by atoms with Gasteiger partial charge in [0.15, 0.2) is 0 Å². The molecular formula is C14H11MgNO4. The van der Waals surface area contributed by atoms with Gasteiger partial charge in [0.1, 0.15) is 0 Å². The number of rotatable bonds is 2. The minimum Gasteiger partial charge on any atom is -0.545 e. The Hall–Kier alpha value is -1.92. The third-order valence-corrected chi connectivity index (χ3v) is 2.16. The minimum atomic E-state index is -1.24. The smallest absolute Gasteiger partial charge is 0.545 e. The fraction of sp³-hybridized carbons (Fsp3) is 0.0714. The summed E-state index contributed by atoms with van der Waals surface area (Å²) in [5.41, 5.74) is 0.706. The van der Waals surface area contributed by atoms with E-state index in [9.17, 15) is 19.8 Å². The summed E-state index contributed by atoms with van der Waals surface area (Å²) in [7, 11) is 0. The largest absolute Gasteiger partial charge is 2.00 e. The van der Waals surface area contributed by atoms with Crippen LogP contribution in [0.1, 0.15) is 17.4 Å². The second-order valence-corrected chi connectivity index (χ2v) is 3.74. The first-order valence-electron chi connectivity index (χ1n) is 5.36. The quantitative estimate of drug-likeness (QED) is 0.548. The maximum Gasteiger partial charge on any atom is 2.00 e. The molecule has 0 fully saturated rings. The number of para-hydroxylation sites is 1. The summed E-state index contributed by atoms with van der Waals surface area (Å²) in [6.45, 7) is 4.48. The number of carboxylic acid groups (broad SMARTS) is 2. The van der Waals surface area contributed by atoms with Gasteiger partial charge in [-0.1, -0.05) is 30.8 Å². The van der Waals surface area contributed by atoms with Crippen LogP contribution in [0.4, 0.5) is 0 Å². The molecule has 2 aromatic rings. The Morgan fingerprint density at radius 2 is 1.65 bits per heavy atom. The molecule has 20 heavy (non-hydrogen) atoms. The van der Waals surface area contributed by atoms with E-state index >= 15 is 0 Å². The Morgan fingerprint density at radius 3 is 2.15 bits per heavy atom. The van der Waals surface area contributed by atoms with Gasteiger partial charge in [0.05, 0.1) is 23.1 Å². The van der Waals surface area contributed by atoms with Crippen LogP contribution >= 0.6 is 0 Å². The van der Waals surface area contributed by atoms with Crippen LogP contribution in [0.5, 0.6) is 0 Å². The van der Waals surface area contributed by atoms with Gasteiger partial charge in [-0.3, -0.25) is 0 Å². The summed E-state index contributed by atoms with van der Waals surface area (Å²) in [6, 6.07) is 10.5. The molecule has 0 radical (unpaired) electrons. The zero-order valence-corrected chi connectivity index (χ0v) is 12.4. The van der Waals surface area contributed by atoms with Crippen LogP contribution in [-0.4, -0.2) is 40.0 Å². The maximum atomic E-state index is 10.5. The van der Waals surface area contributed by atoms with Gasteiger partial charge in [0, 0.05) is 5.39 Å². The van der Waals surface area contributed by atoms with Crippen molar-refractivity contribution < 1.29 is 19.8 Å². The van der Waals surface area contributed by atoms with Gasteiger partial charge >= 0.3 is 23.1 Å². The second-order valence-electron chi connectivity index (χ2n) is 3.74. The molecule has 1 aromatic heterocycles. The molecule has 6 heteroatoms. The van der Waals surface area contributed by atoms with Gasteiger partial charge < -0.3 is 19.8 Å². The first kappa shape index (κ1) is 18.1. The van der Waals surface area contributed by atoms with Crippen molar-refractivity contribution in [3.8, 4) is 0 Å². The number of benzene rings is 1. The molecule has 5 nitrogen and oxygen atoms in total. The van der Waals surface area contributed by atoms with E-state index < -0.39 is 11.9 Å². The van der Waals surface area contributed by atoms with E-state index in [1.165, 1.54) is 13.0 Å². The molecule has 0 amide bonds. The van der Waals surface area contributed by atoms with E-state index in [1.807, 2.05) is 18.2 Å². The molecule has 0 aliphatic rings. The van der Waals surface area contributed by atoms with Crippen molar-refractivity contribution >= 4 is 45.9 Å². The van der Waals surface area contributed by atoms with Gasteiger partial charge in [-0.15, -0.1) is 0 Å². The van der Waals surface area contributed by atoms with Gasteiger partial charge in [0.2, 0.25) is 0 Å². The summed E-state index contributed by atoms with van der Waals surface area (Å²) < 4.78 is 0. The van der Waals surface area contributed by atoms with E-state index in [2.05, 4.69) is 11.6 Å². The first-order chi connectivity index (χ1) is 8.91. The molecule has 0 aliphatic heterocycles. The topological polar surface area (TPSA) is 93.1 Å². The zero-order valence-electron chi connectivity index (χ0n) is 11.0. The van der Waals surface area contributed by atoms with Crippen LogP contribution in [0.3, 0.4) is 0 Å². The summed E-state index contributed by atoms with van der Waals surface area (Å²) in [5, 5.41) is 20.9. The molecule has 0 N–H and O–H groups in total. The number of fused-ring (bicyclic) bond motifs is 1. The number of nitrogens with zero attached hydrogens (tertiary/aromatic N) is 1. The second kappa shape index (κ2) is 8.29. The average molecular weight is 282 g/mol. The van der Waals surface area contributed by atoms with E-state index in [4.69, 9.17) is 0 Å². The van der Waals surface area contributed by atoms with Crippen molar-refractivity contribution in [1.29, 1.82) is 0 Å². The Labute approximate surface area is 132 Å². The summed E-state index contributed by atoms with van der Waals surface area (Å²) in [4.78, 5) is 23.9. The molecule has 0 saturated heterocycles. The number of carbonyl (C=O) groups excluding carboxylic acids is 2. The van der Waals surface area contributed by atoms with Crippen molar-refractivity contribution in [2.45, 2.75) is 6.92 Å². The minimum absolute atomic E-state index is 0. The van der Waals surface area contributed by atoms with E-state index in [-0.39, 0.29) is 34.3 Å². The fourth-order valence-corrected chi connectivity index (χ4v) is 1.18. The molecule has 2 rings (SSSR count). The number of carbonyl (C=O) groups is 2. The van der Waals surface area contributed by atoms with Crippen molar-refractivity contribution in [1.82, 2.24) is 4.98 Å². The van der Waals surface area contributed by atoms with E-state index in [0.717, 1.165) is 5.39 Å². The number of aromatic carboxylic acids is 1. The van der Waals surface area contributed by atoms with Crippen LogP contribution in [0.25, 0.3) is 10.9 Å². The van der Waals surface area contributed by atoms with Crippen LogP contribution in [0, 0.1) is 0 Å². The van der Waals surface area contributed by atoms with Crippen molar-refractivity contribution in [3.63, 3.8) is 0 Å². The molecule has 0 spiro atoms. The SMILES string of the molecule is C=C(C)C(=O)[O-].O=C([O-])c1ccc2ccccc2n1.[Mg+2]. The van der Waals surface area contributed by atoms with Crippen LogP contribution < -0.4 is 10.2 Å². The normalized spacial score (nSPS) is 8.85. The van der Waals surface area contributed by atoms with Crippen LogP contribution in [0.15, 0.2) is 48.6 Å². The van der Waals surface area contributed by atoms with E-state index in [0.29, 0.717) is 5.52 Å². The Balaban J connectivity index is 0.000000448. The molecule has 0 bridgehead atoms. The standard InChI is InChI=1S/C10H7NO2.C4H6O2.Mg/c12-10(13)9-6-5-7-3-1-2-4-8(7)11-9;1-3(2)4(5)6;/h1-6H,(H,12,13);1H2,2H3,(H,5,6);/q;;+2/p-2. The van der Waals surface area contributed by atoms with Crippen LogP contribution in [0.2, 0.25) is 0 Å². The fourth-order valence-electron chi connectivity index (χ4n) is 1.18. The number of aromatic nitrogens is 1. The van der Waals surface area contributed by atoms with Crippen molar-refractivity contribution in [2.75, 3.05) is 0 Å². The van der Waals surface area contributed by atoms with Crippen molar-refractivity contribution in [3.05, 3.63) is 54.2 Å². The number of pyridine rings is 1. The Morgan fingerprint density at radius 1 is 1.10 bits per heavy atom. The summed E-state index contributed by atoms with van der Waals surface area (Å²) >= 11 is 0. The summed E-state index contributed by atoms with van der Waals surface area (Å²) in [5.74, 6) is -2.43.